The molecule has 0 spiro atoms. The predicted molar refractivity (Wildman–Crippen MR) is 82.8 cm³/mol. The van der Waals surface area contributed by atoms with Crippen molar-refractivity contribution in [1.82, 2.24) is 9.88 Å². The third-order valence-electron chi connectivity index (χ3n) is 4.32. The van der Waals surface area contributed by atoms with Crippen molar-refractivity contribution in [1.29, 1.82) is 0 Å². The zero-order valence-corrected chi connectivity index (χ0v) is 12.7. The van der Waals surface area contributed by atoms with Crippen LogP contribution >= 0.6 is 0 Å². The van der Waals surface area contributed by atoms with Crippen molar-refractivity contribution in [2.24, 2.45) is 0 Å². The van der Waals surface area contributed by atoms with Gasteiger partial charge in [-0.05, 0) is 42.8 Å². The van der Waals surface area contributed by atoms with Crippen LogP contribution in [0.5, 0.6) is 11.5 Å². The van der Waals surface area contributed by atoms with Crippen LogP contribution in [0.3, 0.4) is 0 Å². The van der Waals surface area contributed by atoms with Crippen LogP contribution in [-0.2, 0) is 13.0 Å². The Balaban J connectivity index is 1.87. The first-order chi connectivity index (χ1) is 11.1. The second-order valence-corrected chi connectivity index (χ2v) is 5.85. The molecule has 4 rings (SSSR count). The summed E-state index contributed by atoms with van der Waals surface area (Å²) in [5.41, 5.74) is 3.39. The van der Waals surface area contributed by atoms with Gasteiger partial charge in [0.25, 0.3) is 0 Å². The van der Waals surface area contributed by atoms with Gasteiger partial charge in [-0.25, -0.2) is 4.79 Å². The number of hydrogen-bond acceptors (Lipinski definition) is 5. The number of carboxylic acids is 1. The smallest absolute Gasteiger partial charge is 0.338 e. The highest BCUT2D eigenvalue weighted by atomic mass is 16.7. The highest BCUT2D eigenvalue weighted by Gasteiger charge is 2.25. The molecule has 23 heavy (non-hydrogen) atoms. The summed E-state index contributed by atoms with van der Waals surface area (Å²) in [6.45, 7) is 1.76. The average Bonchev–Trinajstić information content (AvgIpc) is 3.00. The largest absolute Gasteiger partial charge is 0.478 e. The minimum absolute atomic E-state index is 0.189. The van der Waals surface area contributed by atoms with Crippen LogP contribution in [0.2, 0.25) is 0 Å². The van der Waals surface area contributed by atoms with Crippen molar-refractivity contribution in [3.8, 4) is 22.8 Å². The van der Waals surface area contributed by atoms with Crippen molar-refractivity contribution in [2.75, 3.05) is 20.4 Å². The van der Waals surface area contributed by atoms with E-state index >= 15 is 0 Å². The molecular weight excluding hydrogens is 296 g/mol. The lowest BCUT2D eigenvalue weighted by atomic mass is 9.92. The summed E-state index contributed by atoms with van der Waals surface area (Å²) in [6.07, 6.45) is 2.50. The van der Waals surface area contributed by atoms with E-state index in [2.05, 4.69) is 9.88 Å². The van der Waals surface area contributed by atoms with E-state index in [1.54, 1.807) is 18.3 Å². The van der Waals surface area contributed by atoms with E-state index in [9.17, 15) is 9.90 Å². The summed E-state index contributed by atoms with van der Waals surface area (Å²) in [4.78, 5) is 18.5. The number of nitrogens with zero attached hydrogens (tertiary/aromatic N) is 2. The van der Waals surface area contributed by atoms with Gasteiger partial charge in [-0.3, -0.25) is 4.98 Å². The molecule has 6 nitrogen and oxygen atoms in total. The summed E-state index contributed by atoms with van der Waals surface area (Å²) < 4.78 is 10.7. The number of likely N-dealkylation sites (N-methyl/N-ethyl adjacent to an activating group) is 1. The van der Waals surface area contributed by atoms with Gasteiger partial charge in [0.2, 0.25) is 6.79 Å². The number of aromatic carboxylic acids is 1. The van der Waals surface area contributed by atoms with E-state index in [0.717, 1.165) is 29.8 Å². The van der Waals surface area contributed by atoms with E-state index in [0.29, 0.717) is 29.2 Å². The van der Waals surface area contributed by atoms with Crippen LogP contribution in [0, 0.1) is 0 Å². The molecule has 0 saturated heterocycles. The molecule has 0 unspecified atom stereocenters. The van der Waals surface area contributed by atoms with Gasteiger partial charge in [-0.1, -0.05) is 0 Å². The topological polar surface area (TPSA) is 71.9 Å². The first-order valence-corrected chi connectivity index (χ1v) is 7.46. The summed E-state index contributed by atoms with van der Waals surface area (Å²) in [5.74, 6) is 0.356. The molecule has 2 aromatic rings. The van der Waals surface area contributed by atoms with Crippen LogP contribution in [0.4, 0.5) is 0 Å². The molecule has 0 amide bonds. The molecule has 0 fully saturated rings. The van der Waals surface area contributed by atoms with Crippen molar-refractivity contribution in [3.63, 3.8) is 0 Å². The van der Waals surface area contributed by atoms with Crippen molar-refractivity contribution >= 4 is 5.97 Å². The number of carboxylic acid groups (broad SMARTS) is 1. The van der Waals surface area contributed by atoms with Gasteiger partial charge in [-0.2, -0.15) is 0 Å². The molecular formula is C17H16N2O4. The number of rotatable bonds is 2. The minimum Gasteiger partial charge on any atom is -0.478 e. The van der Waals surface area contributed by atoms with Gasteiger partial charge in [0.1, 0.15) is 0 Å². The van der Waals surface area contributed by atoms with Gasteiger partial charge in [0.05, 0.1) is 11.3 Å². The molecule has 6 heteroatoms. The maximum atomic E-state index is 11.9. The normalized spacial score (nSPS) is 16.2. The van der Waals surface area contributed by atoms with Crippen molar-refractivity contribution in [3.05, 3.63) is 41.1 Å². The maximum Gasteiger partial charge on any atom is 0.338 e. The molecule has 0 aliphatic carbocycles. The molecule has 0 bridgehead atoms. The fraction of sp³-hybridized carbons (Fsp3) is 0.294. The minimum atomic E-state index is -0.938. The average molecular weight is 312 g/mol. The fourth-order valence-electron chi connectivity index (χ4n) is 3.18. The van der Waals surface area contributed by atoms with Crippen LogP contribution < -0.4 is 9.47 Å². The molecule has 0 radical (unpaired) electrons. The SMILES string of the molecule is CN1CCc2c(cnc(-c3ccc4c(c3)OCO4)c2C(=O)O)C1. The molecule has 1 aromatic heterocycles. The van der Waals surface area contributed by atoms with E-state index in [-0.39, 0.29) is 6.79 Å². The van der Waals surface area contributed by atoms with E-state index in [1.165, 1.54) is 0 Å². The monoisotopic (exact) mass is 312 g/mol. The van der Waals surface area contributed by atoms with E-state index in [1.807, 2.05) is 13.1 Å². The van der Waals surface area contributed by atoms with Crippen LogP contribution in [0.1, 0.15) is 21.5 Å². The highest BCUT2D eigenvalue weighted by molar-refractivity contribution is 5.97. The second kappa shape index (κ2) is 5.24. The van der Waals surface area contributed by atoms with Gasteiger partial charge in [-0.15, -0.1) is 0 Å². The lowest BCUT2D eigenvalue weighted by Crippen LogP contribution is -2.28. The molecule has 3 heterocycles. The molecule has 1 N–H and O–H groups in total. The molecule has 118 valence electrons. The Bertz CT molecular complexity index is 803. The van der Waals surface area contributed by atoms with Crippen LogP contribution in [0.15, 0.2) is 24.4 Å². The van der Waals surface area contributed by atoms with Crippen molar-refractivity contribution < 1.29 is 19.4 Å². The summed E-state index contributed by atoms with van der Waals surface area (Å²) in [7, 11) is 2.02. The first kappa shape index (κ1) is 14.0. The number of ether oxygens (including phenoxy) is 2. The lowest BCUT2D eigenvalue weighted by Gasteiger charge is -2.26. The predicted octanol–water partition coefficient (Wildman–Crippen LogP) is 2.16. The van der Waals surface area contributed by atoms with Gasteiger partial charge < -0.3 is 19.5 Å². The molecule has 2 aliphatic heterocycles. The Morgan fingerprint density at radius 1 is 1.30 bits per heavy atom. The number of benzene rings is 1. The summed E-state index contributed by atoms with van der Waals surface area (Å²) in [5, 5.41) is 9.73. The Kier molecular flexibility index (Phi) is 3.20. The van der Waals surface area contributed by atoms with Crippen molar-refractivity contribution in [2.45, 2.75) is 13.0 Å². The number of hydrogen-bond donors (Lipinski definition) is 1. The second-order valence-electron chi connectivity index (χ2n) is 5.85. The summed E-state index contributed by atoms with van der Waals surface area (Å²) in [6, 6.07) is 5.40. The Morgan fingerprint density at radius 2 is 2.13 bits per heavy atom. The zero-order chi connectivity index (χ0) is 16.0. The molecule has 1 aromatic carbocycles. The lowest BCUT2D eigenvalue weighted by molar-refractivity contribution is 0.0695. The third kappa shape index (κ3) is 2.31. The zero-order valence-electron chi connectivity index (χ0n) is 12.7. The Labute approximate surface area is 133 Å². The standard InChI is InChI=1S/C17H16N2O4/c1-19-5-4-12-11(8-19)7-18-16(15(12)17(20)21)10-2-3-13-14(6-10)23-9-22-13/h2-3,6-7H,4-5,8-9H2,1H3,(H,20,21). The Hall–Kier alpha value is -2.60. The van der Waals surface area contributed by atoms with Gasteiger partial charge in [0.15, 0.2) is 11.5 Å². The van der Waals surface area contributed by atoms with Crippen LogP contribution in [-0.4, -0.2) is 41.3 Å². The number of aromatic nitrogens is 1. The highest BCUT2D eigenvalue weighted by Crippen LogP contribution is 2.37. The number of fused-ring (bicyclic) bond motifs is 2. The van der Waals surface area contributed by atoms with Gasteiger partial charge >= 0.3 is 5.97 Å². The molecule has 0 saturated carbocycles. The molecule has 2 aliphatic rings. The fourth-order valence-corrected chi connectivity index (χ4v) is 3.18. The third-order valence-corrected chi connectivity index (χ3v) is 4.32. The quantitative estimate of drug-likeness (QED) is 0.916. The number of pyridine rings is 1. The van der Waals surface area contributed by atoms with Gasteiger partial charge in [0, 0.05) is 24.8 Å². The summed E-state index contributed by atoms with van der Waals surface area (Å²) >= 11 is 0. The first-order valence-electron chi connectivity index (χ1n) is 7.46. The maximum absolute atomic E-state index is 11.9. The van der Waals surface area contributed by atoms with E-state index < -0.39 is 5.97 Å². The number of carbonyl (C=O) groups is 1. The molecule has 0 atom stereocenters. The Morgan fingerprint density at radius 3 is 2.96 bits per heavy atom. The van der Waals surface area contributed by atoms with E-state index in [4.69, 9.17) is 9.47 Å². The van der Waals surface area contributed by atoms with Crippen LogP contribution in [0.25, 0.3) is 11.3 Å².